The van der Waals surface area contributed by atoms with Crippen LogP contribution in [0.4, 0.5) is 11.4 Å². The molecule has 5 heterocycles. The summed E-state index contributed by atoms with van der Waals surface area (Å²) >= 11 is 0. The first kappa shape index (κ1) is 25.7. The van der Waals surface area contributed by atoms with Crippen molar-refractivity contribution >= 4 is 33.2 Å². The van der Waals surface area contributed by atoms with Crippen molar-refractivity contribution in [2.45, 2.75) is 74.9 Å². The van der Waals surface area contributed by atoms with Gasteiger partial charge in [0.05, 0.1) is 28.9 Å². The SMILES string of the molecule is CC1(C)C2=C3C=C4C5=[N+](CCC4OC3CCN2c2ccc(CC(=O)O)cc21)c1ccc(S(=O)(=O)O)cc1C5(C)C. The fourth-order valence-corrected chi connectivity index (χ4v) is 8.27. The van der Waals surface area contributed by atoms with Gasteiger partial charge in [0.2, 0.25) is 5.69 Å². The highest BCUT2D eigenvalue weighted by Gasteiger charge is 2.54. The molecule has 0 saturated heterocycles. The summed E-state index contributed by atoms with van der Waals surface area (Å²) < 4.78 is 42.7. The number of aliphatic carboxylic acids is 1. The van der Waals surface area contributed by atoms with Gasteiger partial charge in [0, 0.05) is 52.5 Å². The molecule has 0 spiro atoms. The first-order chi connectivity index (χ1) is 18.8. The average Bonchev–Trinajstić information content (AvgIpc) is 3.26. The lowest BCUT2D eigenvalue weighted by molar-refractivity contribution is -0.445. The molecule has 7 rings (SSSR count). The maximum atomic E-state index is 11.9. The van der Waals surface area contributed by atoms with E-state index >= 15 is 0 Å². The van der Waals surface area contributed by atoms with E-state index in [1.807, 2.05) is 12.1 Å². The largest absolute Gasteiger partial charge is 0.481 e. The maximum Gasteiger partial charge on any atom is 0.307 e. The third-order valence-electron chi connectivity index (χ3n) is 9.44. The van der Waals surface area contributed by atoms with Crippen LogP contribution < -0.4 is 4.90 Å². The predicted molar refractivity (Wildman–Crippen MR) is 150 cm³/mol. The summed E-state index contributed by atoms with van der Waals surface area (Å²) in [6.45, 7) is 10.2. The molecule has 9 heteroatoms. The van der Waals surface area contributed by atoms with Crippen molar-refractivity contribution in [3.8, 4) is 0 Å². The molecule has 208 valence electrons. The molecule has 0 fully saturated rings. The van der Waals surface area contributed by atoms with Gasteiger partial charge in [-0.05, 0) is 55.7 Å². The van der Waals surface area contributed by atoms with Gasteiger partial charge in [-0.2, -0.15) is 13.0 Å². The number of benzene rings is 2. The van der Waals surface area contributed by atoms with Crippen molar-refractivity contribution in [2.24, 2.45) is 0 Å². The van der Waals surface area contributed by atoms with Gasteiger partial charge < -0.3 is 14.7 Å². The second kappa shape index (κ2) is 8.15. The van der Waals surface area contributed by atoms with Crippen LogP contribution in [0, 0.1) is 0 Å². The molecule has 2 aromatic carbocycles. The van der Waals surface area contributed by atoms with E-state index < -0.39 is 21.5 Å². The molecule has 2 N–H and O–H groups in total. The van der Waals surface area contributed by atoms with Crippen LogP contribution in [0.1, 0.15) is 57.2 Å². The number of allylic oxidation sites excluding steroid dienone is 1. The summed E-state index contributed by atoms with van der Waals surface area (Å²) in [7, 11) is -4.32. The van der Waals surface area contributed by atoms with Crippen molar-refractivity contribution in [2.75, 3.05) is 18.0 Å². The molecule has 0 radical (unpaired) electrons. The van der Waals surface area contributed by atoms with Crippen LogP contribution in [0.2, 0.25) is 0 Å². The Hall–Kier alpha value is -3.27. The van der Waals surface area contributed by atoms with Crippen LogP contribution in [0.3, 0.4) is 0 Å². The minimum absolute atomic E-state index is 0.00414. The number of anilines is 1. The zero-order chi connectivity index (χ0) is 28.4. The summed E-state index contributed by atoms with van der Waals surface area (Å²) in [6.07, 6.45) is 3.95. The van der Waals surface area contributed by atoms with E-state index in [9.17, 15) is 22.9 Å². The number of nitrogens with zero attached hydrogens (tertiary/aromatic N) is 2. The van der Waals surface area contributed by atoms with Crippen LogP contribution in [-0.4, -0.2) is 59.6 Å². The van der Waals surface area contributed by atoms with Crippen molar-refractivity contribution in [1.82, 2.24) is 0 Å². The highest BCUT2D eigenvalue weighted by Crippen LogP contribution is 2.54. The van der Waals surface area contributed by atoms with Gasteiger partial charge in [0.25, 0.3) is 10.1 Å². The minimum atomic E-state index is -4.32. The monoisotopic (exact) mass is 561 g/mol. The van der Waals surface area contributed by atoms with E-state index in [4.69, 9.17) is 4.74 Å². The van der Waals surface area contributed by atoms with E-state index in [1.54, 1.807) is 12.1 Å². The molecular formula is C31H33N2O6S+. The van der Waals surface area contributed by atoms with E-state index in [2.05, 4.69) is 49.3 Å². The van der Waals surface area contributed by atoms with Crippen molar-refractivity contribution in [3.63, 3.8) is 0 Å². The van der Waals surface area contributed by atoms with Gasteiger partial charge in [0.1, 0.15) is 0 Å². The Morgan fingerprint density at radius 1 is 1.05 bits per heavy atom. The summed E-state index contributed by atoms with van der Waals surface area (Å²) in [4.78, 5) is 13.7. The fraction of sp³-hybridized carbons (Fsp3) is 0.419. The van der Waals surface area contributed by atoms with E-state index in [0.717, 1.165) is 65.3 Å². The highest BCUT2D eigenvalue weighted by molar-refractivity contribution is 7.85. The molecule has 5 aliphatic heterocycles. The summed E-state index contributed by atoms with van der Waals surface area (Å²) in [5.74, 6) is -0.838. The lowest BCUT2D eigenvalue weighted by Gasteiger charge is -2.42. The normalized spacial score (nSPS) is 25.4. The lowest BCUT2D eigenvalue weighted by Crippen LogP contribution is -2.47. The number of hydrogen-bond acceptors (Lipinski definition) is 5. The van der Waals surface area contributed by atoms with Crippen molar-refractivity contribution < 1.29 is 32.2 Å². The number of carboxylic acid groups (broad SMARTS) is 1. The Kier molecular flexibility index (Phi) is 5.23. The molecule has 8 nitrogen and oxygen atoms in total. The fourth-order valence-electron chi connectivity index (χ4n) is 7.76. The molecule has 40 heavy (non-hydrogen) atoms. The second-order valence-corrected chi connectivity index (χ2v) is 14.0. The predicted octanol–water partition coefficient (Wildman–Crippen LogP) is 4.49. The van der Waals surface area contributed by atoms with E-state index in [1.165, 1.54) is 17.3 Å². The van der Waals surface area contributed by atoms with Gasteiger partial charge in [0.15, 0.2) is 12.3 Å². The van der Waals surface area contributed by atoms with Crippen molar-refractivity contribution in [3.05, 3.63) is 76.0 Å². The third-order valence-corrected chi connectivity index (χ3v) is 10.3. The van der Waals surface area contributed by atoms with Crippen LogP contribution in [0.5, 0.6) is 0 Å². The van der Waals surface area contributed by atoms with Gasteiger partial charge >= 0.3 is 5.97 Å². The standard InChI is InChI=1S/C31H32N2O6S/c1-30(2)21-13-17(14-27(34)35)5-7-23(21)32-11-9-25-19(28(30)32)16-20-26(39-25)10-12-33-24-8-6-18(40(36,37)38)15-22(24)31(3,4)29(20)33/h5-8,13,15-16,25-26H,9-12,14H2,1-4H3,(H-,34,35,36,37,38)/p+1. The second-order valence-electron chi connectivity index (χ2n) is 12.6. The molecule has 2 unspecified atom stereocenters. The maximum absolute atomic E-state index is 11.9. The Bertz CT molecular complexity index is 1730. The Morgan fingerprint density at radius 2 is 1.82 bits per heavy atom. The smallest absolute Gasteiger partial charge is 0.307 e. The lowest BCUT2D eigenvalue weighted by atomic mass is 9.74. The number of carboxylic acids is 1. The molecule has 0 aliphatic carbocycles. The Morgan fingerprint density at radius 3 is 2.55 bits per heavy atom. The topological polar surface area (TPSA) is 107 Å². The highest BCUT2D eigenvalue weighted by atomic mass is 32.2. The van der Waals surface area contributed by atoms with Crippen LogP contribution in [0.25, 0.3) is 0 Å². The molecule has 0 saturated carbocycles. The first-order valence-electron chi connectivity index (χ1n) is 13.8. The molecular weight excluding hydrogens is 528 g/mol. The van der Waals surface area contributed by atoms with Gasteiger partial charge in [-0.1, -0.05) is 26.0 Å². The van der Waals surface area contributed by atoms with Crippen LogP contribution in [0.15, 0.2) is 64.2 Å². The summed E-state index contributed by atoms with van der Waals surface area (Å²) in [5, 5.41) is 9.36. The van der Waals surface area contributed by atoms with Gasteiger partial charge in [-0.3, -0.25) is 9.35 Å². The molecule has 5 aliphatic rings. The summed E-state index contributed by atoms with van der Waals surface area (Å²) in [5.41, 5.74) is 8.71. The number of hydrogen-bond donors (Lipinski definition) is 2. The van der Waals surface area contributed by atoms with Crippen LogP contribution in [-0.2, 0) is 36.9 Å². The minimum Gasteiger partial charge on any atom is -0.481 e. The molecule has 0 bridgehead atoms. The van der Waals surface area contributed by atoms with Crippen molar-refractivity contribution in [1.29, 1.82) is 0 Å². The first-order valence-corrected chi connectivity index (χ1v) is 15.2. The van der Waals surface area contributed by atoms with Gasteiger partial charge in [-0.25, -0.2) is 0 Å². The molecule has 2 atom stereocenters. The quantitative estimate of drug-likeness (QED) is 0.420. The summed E-state index contributed by atoms with van der Waals surface area (Å²) in [6, 6.07) is 10.9. The number of rotatable bonds is 3. The van der Waals surface area contributed by atoms with Crippen LogP contribution >= 0.6 is 0 Å². The Balaban J connectivity index is 1.38. The molecule has 2 aromatic rings. The average molecular weight is 562 g/mol. The third kappa shape index (κ3) is 3.47. The number of carbonyl (C=O) groups is 1. The van der Waals surface area contributed by atoms with E-state index in [-0.39, 0.29) is 28.9 Å². The molecule has 0 amide bonds. The Labute approximate surface area is 234 Å². The zero-order valence-corrected chi connectivity index (χ0v) is 23.9. The number of fused-ring (bicyclic) bond motifs is 8. The van der Waals surface area contributed by atoms with Gasteiger partial charge in [-0.15, -0.1) is 0 Å². The number of ether oxygens (including phenoxy) is 1. The van der Waals surface area contributed by atoms with E-state index in [0.29, 0.717) is 0 Å². The molecule has 0 aromatic heterocycles. The zero-order valence-electron chi connectivity index (χ0n) is 23.1.